The number of rotatable bonds is 7. The van der Waals surface area contributed by atoms with Gasteiger partial charge in [-0.1, -0.05) is 54.6 Å². The highest BCUT2D eigenvalue weighted by Gasteiger charge is 2.34. The predicted molar refractivity (Wildman–Crippen MR) is 124 cm³/mol. The molecule has 7 heteroatoms. The molecule has 0 unspecified atom stereocenters. The molecule has 166 valence electrons. The van der Waals surface area contributed by atoms with E-state index >= 15 is 0 Å². The van der Waals surface area contributed by atoms with Gasteiger partial charge < -0.3 is 10.1 Å². The number of carbonyl (C=O) groups excluding carboxylic acids is 1. The van der Waals surface area contributed by atoms with Gasteiger partial charge in [0.15, 0.2) is 0 Å². The van der Waals surface area contributed by atoms with Crippen LogP contribution in [0.25, 0.3) is 0 Å². The van der Waals surface area contributed by atoms with Gasteiger partial charge in [0.05, 0.1) is 4.90 Å². The fourth-order valence-corrected chi connectivity index (χ4v) is 5.08. The number of amides is 1. The van der Waals surface area contributed by atoms with Gasteiger partial charge in [0.25, 0.3) is 15.9 Å². The van der Waals surface area contributed by atoms with Crippen LogP contribution in [0.1, 0.15) is 28.8 Å². The second-order valence-corrected chi connectivity index (χ2v) is 9.62. The lowest BCUT2D eigenvalue weighted by molar-refractivity contribution is 0.0487. The third kappa shape index (κ3) is 5.00. The summed E-state index contributed by atoms with van der Waals surface area (Å²) in [5.41, 5.74) is 1.74. The van der Waals surface area contributed by atoms with E-state index in [9.17, 15) is 13.2 Å². The van der Waals surface area contributed by atoms with Crippen LogP contribution < -0.4 is 10.0 Å². The molecule has 0 aromatic heterocycles. The van der Waals surface area contributed by atoms with Crippen LogP contribution in [0.15, 0.2) is 89.8 Å². The van der Waals surface area contributed by atoms with E-state index in [1.54, 1.807) is 42.5 Å². The molecule has 2 N–H and O–H groups in total. The Morgan fingerprint density at radius 2 is 1.53 bits per heavy atom. The van der Waals surface area contributed by atoms with E-state index in [0.29, 0.717) is 31.0 Å². The van der Waals surface area contributed by atoms with Crippen molar-refractivity contribution >= 4 is 21.6 Å². The summed E-state index contributed by atoms with van der Waals surface area (Å²) in [6.07, 6.45) is 1.66. The van der Waals surface area contributed by atoms with Gasteiger partial charge >= 0.3 is 0 Å². The maximum Gasteiger partial charge on any atom is 0.261 e. The zero-order valence-electron chi connectivity index (χ0n) is 17.7. The van der Waals surface area contributed by atoms with E-state index in [0.717, 1.165) is 12.8 Å². The number of ether oxygens (including phenoxy) is 1. The molecule has 0 atom stereocenters. The van der Waals surface area contributed by atoms with Crippen molar-refractivity contribution in [2.24, 2.45) is 0 Å². The minimum atomic E-state index is -3.73. The van der Waals surface area contributed by atoms with Gasteiger partial charge in [-0.15, -0.1) is 0 Å². The van der Waals surface area contributed by atoms with Crippen LogP contribution in [0.4, 0.5) is 5.69 Å². The number of nitrogens with one attached hydrogen (secondary N) is 2. The average molecular weight is 451 g/mol. The van der Waals surface area contributed by atoms with Gasteiger partial charge in [0.2, 0.25) is 0 Å². The number of anilines is 1. The lowest BCUT2D eigenvalue weighted by atomic mass is 9.74. The Bertz CT molecular complexity index is 1160. The minimum absolute atomic E-state index is 0.166. The first-order valence-corrected chi connectivity index (χ1v) is 12.1. The highest BCUT2D eigenvalue weighted by molar-refractivity contribution is 7.92. The lowest BCUT2D eigenvalue weighted by Crippen LogP contribution is -2.44. The van der Waals surface area contributed by atoms with Gasteiger partial charge in [-0.05, 0) is 48.7 Å². The summed E-state index contributed by atoms with van der Waals surface area (Å²) in [7, 11) is -3.73. The Kier molecular flexibility index (Phi) is 6.58. The fraction of sp³-hybridized carbons (Fsp3) is 0.240. The Morgan fingerprint density at radius 3 is 2.22 bits per heavy atom. The van der Waals surface area contributed by atoms with E-state index in [1.807, 2.05) is 18.2 Å². The summed E-state index contributed by atoms with van der Waals surface area (Å²) < 4.78 is 33.3. The molecule has 0 bridgehead atoms. The Hall–Kier alpha value is -3.16. The number of carbonyl (C=O) groups is 1. The summed E-state index contributed by atoms with van der Waals surface area (Å²) in [6, 6.07) is 24.8. The molecule has 0 radical (unpaired) electrons. The fourth-order valence-electron chi connectivity index (χ4n) is 4.01. The summed E-state index contributed by atoms with van der Waals surface area (Å²) in [5, 5.41) is 3.06. The molecule has 1 aliphatic heterocycles. The second-order valence-electron chi connectivity index (χ2n) is 7.94. The molecular weight excluding hydrogens is 424 g/mol. The van der Waals surface area contributed by atoms with Crippen molar-refractivity contribution in [3.05, 3.63) is 96.1 Å². The first-order valence-electron chi connectivity index (χ1n) is 10.6. The molecule has 6 nitrogen and oxygen atoms in total. The molecule has 0 saturated carbocycles. The summed E-state index contributed by atoms with van der Waals surface area (Å²) in [4.78, 5) is 13.1. The molecular formula is C25H26N2O4S. The second kappa shape index (κ2) is 9.54. The third-order valence-electron chi connectivity index (χ3n) is 5.85. The van der Waals surface area contributed by atoms with Crippen molar-refractivity contribution in [3.8, 4) is 0 Å². The number of sulfonamides is 1. The van der Waals surface area contributed by atoms with Gasteiger partial charge in [0.1, 0.15) is 0 Å². The quantitative estimate of drug-likeness (QED) is 0.571. The molecule has 1 amide bonds. The highest BCUT2D eigenvalue weighted by Crippen LogP contribution is 2.34. The zero-order valence-corrected chi connectivity index (χ0v) is 18.5. The van der Waals surface area contributed by atoms with Crippen molar-refractivity contribution in [1.82, 2.24) is 5.32 Å². The van der Waals surface area contributed by atoms with E-state index < -0.39 is 10.0 Å². The molecule has 1 fully saturated rings. The van der Waals surface area contributed by atoms with E-state index in [4.69, 9.17) is 4.74 Å². The van der Waals surface area contributed by atoms with Gasteiger partial charge in [0, 0.05) is 36.4 Å². The normalized spacial score (nSPS) is 15.6. The summed E-state index contributed by atoms with van der Waals surface area (Å²) >= 11 is 0. The van der Waals surface area contributed by atoms with Gasteiger partial charge in [-0.2, -0.15) is 0 Å². The first-order chi connectivity index (χ1) is 15.5. The lowest BCUT2D eigenvalue weighted by Gasteiger charge is -2.38. The molecule has 32 heavy (non-hydrogen) atoms. The average Bonchev–Trinajstić information content (AvgIpc) is 2.84. The smallest absolute Gasteiger partial charge is 0.261 e. The topological polar surface area (TPSA) is 84.5 Å². The van der Waals surface area contributed by atoms with Crippen LogP contribution in [-0.4, -0.2) is 34.1 Å². The monoisotopic (exact) mass is 450 g/mol. The van der Waals surface area contributed by atoms with E-state index in [2.05, 4.69) is 22.2 Å². The largest absolute Gasteiger partial charge is 0.381 e. The standard InChI is InChI=1S/C25H26N2O4S/c28-24(26-19-25(14-16-31-17-15-25)21-9-3-1-4-10-21)20-8-7-11-22(18-20)27-32(29,30)23-12-5-2-6-13-23/h1-13,18,27H,14-17,19H2,(H,26,28). The van der Waals surface area contributed by atoms with Crippen molar-refractivity contribution in [2.45, 2.75) is 23.2 Å². The van der Waals surface area contributed by atoms with Crippen molar-refractivity contribution in [2.75, 3.05) is 24.5 Å². The number of hydrogen-bond acceptors (Lipinski definition) is 4. The molecule has 3 aromatic rings. The summed E-state index contributed by atoms with van der Waals surface area (Å²) in [5.74, 6) is -0.243. The molecule has 1 aliphatic rings. The maximum atomic E-state index is 12.9. The Balaban J connectivity index is 1.48. The Morgan fingerprint density at radius 1 is 0.875 bits per heavy atom. The number of benzene rings is 3. The van der Waals surface area contributed by atoms with Crippen molar-refractivity contribution in [1.29, 1.82) is 0 Å². The van der Waals surface area contributed by atoms with Crippen molar-refractivity contribution in [3.63, 3.8) is 0 Å². The molecule has 0 aliphatic carbocycles. The minimum Gasteiger partial charge on any atom is -0.381 e. The Labute approximate surface area is 188 Å². The van der Waals surface area contributed by atoms with Crippen LogP contribution in [0.5, 0.6) is 0 Å². The molecule has 1 saturated heterocycles. The summed E-state index contributed by atoms with van der Waals surface area (Å²) in [6.45, 7) is 1.79. The van der Waals surface area contributed by atoms with Gasteiger partial charge in [-0.25, -0.2) is 8.42 Å². The van der Waals surface area contributed by atoms with E-state index in [-0.39, 0.29) is 16.2 Å². The molecule has 1 heterocycles. The highest BCUT2D eigenvalue weighted by atomic mass is 32.2. The first kappa shape index (κ1) is 22.0. The van der Waals surface area contributed by atoms with Crippen molar-refractivity contribution < 1.29 is 17.9 Å². The SMILES string of the molecule is O=C(NCC1(c2ccccc2)CCOCC1)c1cccc(NS(=O)(=O)c2ccccc2)c1. The maximum absolute atomic E-state index is 12.9. The van der Waals surface area contributed by atoms with Crippen LogP contribution in [0.3, 0.4) is 0 Å². The van der Waals surface area contributed by atoms with Crippen LogP contribution in [0, 0.1) is 0 Å². The van der Waals surface area contributed by atoms with E-state index in [1.165, 1.54) is 17.7 Å². The number of hydrogen-bond donors (Lipinski definition) is 2. The van der Waals surface area contributed by atoms with Crippen LogP contribution >= 0.6 is 0 Å². The third-order valence-corrected chi connectivity index (χ3v) is 7.25. The molecule has 3 aromatic carbocycles. The zero-order chi connectivity index (χ0) is 22.4. The predicted octanol–water partition coefficient (Wildman–Crippen LogP) is 3.97. The van der Waals surface area contributed by atoms with Crippen LogP contribution in [-0.2, 0) is 20.2 Å². The van der Waals surface area contributed by atoms with Crippen LogP contribution in [0.2, 0.25) is 0 Å². The molecule has 4 rings (SSSR count). The molecule has 0 spiro atoms. The van der Waals surface area contributed by atoms with Gasteiger partial charge in [-0.3, -0.25) is 9.52 Å².